The molecule has 0 saturated carbocycles. The number of pyridine rings is 2. The Hall–Kier alpha value is -3.29. The molecule has 2 saturated heterocycles. The van der Waals surface area contributed by atoms with E-state index in [1.54, 1.807) is 12.1 Å². The number of hydrogen-bond acceptors (Lipinski definition) is 6. The largest absolute Gasteiger partial charge is 0.486 e. The number of hydrogen-bond donors (Lipinski definition) is 0. The summed E-state index contributed by atoms with van der Waals surface area (Å²) in [5, 5.41) is 1.79. The van der Waals surface area contributed by atoms with Gasteiger partial charge in [-0.3, -0.25) is 14.8 Å². The molecular weight excluding hydrogens is 515 g/mol. The van der Waals surface area contributed by atoms with Crippen LogP contribution in [-0.4, -0.2) is 58.7 Å². The standard InChI is InChI=1S/C34H39FN4O2/c1-24-10-13-27-29(36-24)15-16-30-33(27)41-32(23-40-30)34(38-18-6-2-3-7-19-38,39-20-8-4-5-9-21-39)31-17-11-25-22-26(35)12-14-28(25)37-31/h10-17,22,32H,2-9,18-21,23H2,1H3. The van der Waals surface area contributed by atoms with Gasteiger partial charge in [-0.25, -0.2) is 9.37 Å². The lowest BCUT2D eigenvalue weighted by Gasteiger charge is -2.54. The minimum Gasteiger partial charge on any atom is -0.486 e. The zero-order valence-electron chi connectivity index (χ0n) is 23.9. The van der Waals surface area contributed by atoms with Crippen molar-refractivity contribution in [3.63, 3.8) is 0 Å². The number of likely N-dealkylation sites (tertiary alicyclic amines) is 2. The summed E-state index contributed by atoms with van der Waals surface area (Å²) in [5.74, 6) is 1.29. The first kappa shape index (κ1) is 26.6. The van der Waals surface area contributed by atoms with Crippen molar-refractivity contribution in [3.8, 4) is 11.5 Å². The van der Waals surface area contributed by atoms with Gasteiger partial charge in [-0.15, -0.1) is 0 Å². The van der Waals surface area contributed by atoms with Gasteiger partial charge < -0.3 is 9.47 Å². The Morgan fingerprint density at radius 1 is 0.756 bits per heavy atom. The van der Waals surface area contributed by atoms with Crippen molar-refractivity contribution >= 4 is 21.8 Å². The molecule has 5 heterocycles. The smallest absolute Gasteiger partial charge is 0.171 e. The highest BCUT2D eigenvalue weighted by molar-refractivity contribution is 5.88. The van der Waals surface area contributed by atoms with Gasteiger partial charge in [0.2, 0.25) is 0 Å². The van der Waals surface area contributed by atoms with E-state index in [9.17, 15) is 4.39 Å². The van der Waals surface area contributed by atoms with Crippen molar-refractivity contribution in [2.24, 2.45) is 0 Å². The molecule has 6 nitrogen and oxygen atoms in total. The molecule has 0 amide bonds. The van der Waals surface area contributed by atoms with Crippen LogP contribution in [0.25, 0.3) is 21.8 Å². The van der Waals surface area contributed by atoms with Gasteiger partial charge in [-0.2, -0.15) is 0 Å². The van der Waals surface area contributed by atoms with Crippen LogP contribution in [0, 0.1) is 12.7 Å². The molecule has 0 spiro atoms. The van der Waals surface area contributed by atoms with Crippen LogP contribution in [0.4, 0.5) is 4.39 Å². The van der Waals surface area contributed by atoms with Crippen molar-refractivity contribution in [1.82, 2.24) is 19.8 Å². The lowest BCUT2D eigenvalue weighted by Crippen LogP contribution is -2.68. The molecule has 7 heteroatoms. The molecule has 0 bridgehead atoms. The predicted molar refractivity (Wildman–Crippen MR) is 160 cm³/mol. The van der Waals surface area contributed by atoms with E-state index in [0.29, 0.717) is 6.61 Å². The van der Waals surface area contributed by atoms with E-state index in [2.05, 4.69) is 21.9 Å². The number of ether oxygens (including phenoxy) is 2. The topological polar surface area (TPSA) is 50.7 Å². The zero-order valence-corrected chi connectivity index (χ0v) is 23.9. The zero-order chi connectivity index (χ0) is 27.8. The third-order valence-corrected chi connectivity index (χ3v) is 9.23. The summed E-state index contributed by atoms with van der Waals surface area (Å²) in [5.41, 5.74) is 3.03. The SMILES string of the molecule is Cc1ccc2c3c(ccc2n1)OCC(C(c1ccc2cc(F)ccc2n1)(N1CCCCCC1)N1CCCCCC1)O3. The van der Waals surface area contributed by atoms with E-state index in [0.717, 1.165) is 96.6 Å². The second-order valence-corrected chi connectivity index (χ2v) is 11.9. The maximum absolute atomic E-state index is 14.1. The van der Waals surface area contributed by atoms with Crippen molar-refractivity contribution in [2.75, 3.05) is 32.8 Å². The van der Waals surface area contributed by atoms with Gasteiger partial charge in [0.25, 0.3) is 0 Å². The summed E-state index contributed by atoms with van der Waals surface area (Å²) in [6, 6.07) is 17.2. The molecule has 2 aromatic heterocycles. The molecule has 2 fully saturated rings. The number of aryl methyl sites for hydroxylation is 1. The molecule has 4 aromatic rings. The van der Waals surface area contributed by atoms with E-state index < -0.39 is 5.66 Å². The molecule has 1 unspecified atom stereocenters. The fraction of sp³-hybridized carbons (Fsp3) is 0.471. The number of fused-ring (bicyclic) bond motifs is 4. The fourth-order valence-electron chi connectivity index (χ4n) is 7.25. The normalized spacial score (nSPS) is 21.1. The van der Waals surface area contributed by atoms with Gasteiger partial charge in [0.15, 0.2) is 23.3 Å². The van der Waals surface area contributed by atoms with Gasteiger partial charge in [-0.05, 0) is 81.1 Å². The molecular formula is C34H39FN4O2. The Morgan fingerprint density at radius 3 is 2.15 bits per heavy atom. The monoisotopic (exact) mass is 554 g/mol. The Bertz CT molecular complexity index is 1520. The number of nitrogens with zero attached hydrogens (tertiary/aromatic N) is 4. The lowest BCUT2D eigenvalue weighted by atomic mass is 9.90. The maximum atomic E-state index is 14.1. The van der Waals surface area contributed by atoms with Gasteiger partial charge in [0, 0.05) is 42.6 Å². The van der Waals surface area contributed by atoms with Crippen LogP contribution < -0.4 is 9.47 Å². The Balaban J connectivity index is 1.43. The molecule has 41 heavy (non-hydrogen) atoms. The predicted octanol–water partition coefficient (Wildman–Crippen LogP) is 6.98. The summed E-state index contributed by atoms with van der Waals surface area (Å²) >= 11 is 0. The maximum Gasteiger partial charge on any atom is 0.171 e. The van der Waals surface area contributed by atoms with Gasteiger partial charge in [0.05, 0.1) is 16.7 Å². The number of benzene rings is 2. The van der Waals surface area contributed by atoms with E-state index >= 15 is 0 Å². The number of aromatic nitrogens is 2. The third-order valence-electron chi connectivity index (χ3n) is 9.23. The van der Waals surface area contributed by atoms with E-state index in [-0.39, 0.29) is 11.9 Å². The molecule has 7 rings (SSSR count). The van der Waals surface area contributed by atoms with Crippen molar-refractivity contribution in [1.29, 1.82) is 0 Å². The molecule has 3 aliphatic rings. The molecule has 3 aliphatic heterocycles. The molecule has 0 N–H and O–H groups in total. The Kier molecular flexibility index (Phi) is 7.25. The fourth-order valence-corrected chi connectivity index (χ4v) is 7.25. The van der Waals surface area contributed by atoms with E-state index in [1.165, 1.54) is 31.7 Å². The van der Waals surface area contributed by atoms with Crippen LogP contribution in [0.1, 0.15) is 62.8 Å². The van der Waals surface area contributed by atoms with Crippen LogP contribution in [0.15, 0.2) is 54.6 Å². The first-order valence-electron chi connectivity index (χ1n) is 15.4. The third kappa shape index (κ3) is 4.83. The van der Waals surface area contributed by atoms with Crippen LogP contribution in [0.2, 0.25) is 0 Å². The Labute approximate surface area is 241 Å². The van der Waals surface area contributed by atoms with Crippen molar-refractivity contribution < 1.29 is 13.9 Å². The van der Waals surface area contributed by atoms with Crippen LogP contribution in [-0.2, 0) is 5.66 Å². The van der Waals surface area contributed by atoms with Gasteiger partial charge >= 0.3 is 0 Å². The van der Waals surface area contributed by atoms with Crippen molar-refractivity contribution in [2.45, 2.75) is 70.1 Å². The first-order chi connectivity index (χ1) is 20.1. The van der Waals surface area contributed by atoms with Crippen LogP contribution in [0.5, 0.6) is 11.5 Å². The summed E-state index contributed by atoms with van der Waals surface area (Å²) in [6.07, 6.45) is 9.19. The average molecular weight is 555 g/mol. The highest BCUT2D eigenvalue weighted by Gasteiger charge is 2.54. The van der Waals surface area contributed by atoms with Gasteiger partial charge in [0.1, 0.15) is 12.4 Å². The van der Waals surface area contributed by atoms with E-state index in [4.69, 9.17) is 19.4 Å². The van der Waals surface area contributed by atoms with Crippen LogP contribution in [0.3, 0.4) is 0 Å². The number of rotatable bonds is 4. The quantitative estimate of drug-likeness (QED) is 0.271. The summed E-state index contributed by atoms with van der Waals surface area (Å²) < 4.78 is 27.9. The van der Waals surface area contributed by atoms with Gasteiger partial charge in [-0.1, -0.05) is 31.7 Å². The highest BCUT2D eigenvalue weighted by atomic mass is 19.1. The van der Waals surface area contributed by atoms with E-state index in [1.807, 2.05) is 31.2 Å². The first-order valence-corrected chi connectivity index (χ1v) is 15.4. The minimum absolute atomic E-state index is 0.241. The lowest BCUT2D eigenvalue weighted by molar-refractivity contribution is -0.152. The minimum atomic E-state index is -0.630. The molecule has 0 radical (unpaired) electrons. The number of halogens is 1. The van der Waals surface area contributed by atoms with Crippen LogP contribution >= 0.6 is 0 Å². The molecule has 0 aliphatic carbocycles. The summed E-state index contributed by atoms with van der Waals surface area (Å²) in [7, 11) is 0. The van der Waals surface area contributed by atoms with Crippen molar-refractivity contribution in [3.05, 3.63) is 71.8 Å². The summed E-state index contributed by atoms with van der Waals surface area (Å²) in [6.45, 7) is 6.34. The average Bonchev–Trinajstić information content (AvgIpc) is 3.44. The molecule has 2 aromatic carbocycles. The molecule has 214 valence electrons. The molecule has 1 atom stereocenters. The summed E-state index contributed by atoms with van der Waals surface area (Å²) in [4.78, 5) is 15.4. The Morgan fingerprint density at radius 2 is 1.44 bits per heavy atom. The highest BCUT2D eigenvalue weighted by Crippen LogP contribution is 2.46. The second kappa shape index (κ2) is 11.2. The second-order valence-electron chi connectivity index (χ2n) is 11.9.